The van der Waals surface area contributed by atoms with Crippen LogP contribution >= 0.6 is 11.6 Å². The Balaban J connectivity index is 0.00000135. The average Bonchev–Trinajstić information content (AvgIpc) is 2.47. The van der Waals surface area contributed by atoms with Crippen LogP contribution in [0.5, 0.6) is 0 Å². The Hall–Kier alpha value is -1.25. The molecule has 0 aliphatic rings. The molecule has 0 amide bonds. The SMILES string of the molecule is C=CC.CNC/C(=C(\C)N(C)Cc1ccccc1Cl)C(C)C. The Morgan fingerprint density at radius 1 is 1.36 bits per heavy atom. The summed E-state index contributed by atoms with van der Waals surface area (Å²) in [5.74, 6) is 0.543. The molecule has 0 atom stereocenters. The van der Waals surface area contributed by atoms with E-state index in [4.69, 9.17) is 11.6 Å². The van der Waals surface area contributed by atoms with Crippen LogP contribution in [0, 0.1) is 5.92 Å². The fourth-order valence-corrected chi connectivity index (χ4v) is 2.38. The first-order chi connectivity index (χ1) is 10.4. The predicted octanol–water partition coefficient (Wildman–Crippen LogP) is 5.11. The first-order valence-corrected chi connectivity index (χ1v) is 8.12. The highest BCUT2D eigenvalue weighted by Gasteiger charge is 2.11. The summed E-state index contributed by atoms with van der Waals surface area (Å²) in [5.41, 5.74) is 3.93. The lowest BCUT2D eigenvalue weighted by atomic mass is 10.0. The topological polar surface area (TPSA) is 15.3 Å². The summed E-state index contributed by atoms with van der Waals surface area (Å²) in [6.07, 6.45) is 1.75. The van der Waals surface area contributed by atoms with Gasteiger partial charge >= 0.3 is 0 Å². The Morgan fingerprint density at radius 2 is 1.91 bits per heavy atom. The lowest BCUT2D eigenvalue weighted by Crippen LogP contribution is -2.23. The molecule has 0 aliphatic carbocycles. The molecule has 0 saturated carbocycles. The molecule has 0 saturated heterocycles. The number of rotatable bonds is 6. The van der Waals surface area contributed by atoms with Crippen molar-refractivity contribution in [3.63, 3.8) is 0 Å². The molecular weight excluding hydrogens is 292 g/mol. The second-order valence-corrected chi connectivity index (χ2v) is 6.06. The van der Waals surface area contributed by atoms with Crippen molar-refractivity contribution in [2.75, 3.05) is 20.6 Å². The molecule has 0 bridgehead atoms. The van der Waals surface area contributed by atoms with E-state index < -0.39 is 0 Å². The van der Waals surface area contributed by atoms with Crippen molar-refractivity contribution in [2.45, 2.75) is 34.2 Å². The number of nitrogens with one attached hydrogen (secondary N) is 1. The van der Waals surface area contributed by atoms with Crippen LogP contribution in [-0.4, -0.2) is 25.5 Å². The van der Waals surface area contributed by atoms with Gasteiger partial charge in [-0.3, -0.25) is 0 Å². The summed E-state index contributed by atoms with van der Waals surface area (Å²) >= 11 is 6.22. The number of benzene rings is 1. The molecule has 124 valence electrons. The molecule has 0 aliphatic heterocycles. The maximum Gasteiger partial charge on any atom is 0.0455 e. The molecule has 1 rings (SSSR count). The largest absolute Gasteiger partial charge is 0.374 e. The van der Waals surface area contributed by atoms with Crippen molar-refractivity contribution < 1.29 is 0 Å². The highest BCUT2D eigenvalue weighted by Crippen LogP contribution is 2.21. The summed E-state index contributed by atoms with van der Waals surface area (Å²) in [4.78, 5) is 2.27. The quantitative estimate of drug-likeness (QED) is 0.732. The number of hydrogen-bond acceptors (Lipinski definition) is 2. The zero-order valence-corrected chi connectivity index (χ0v) is 15.7. The number of nitrogens with zero attached hydrogens (tertiary/aromatic N) is 1. The van der Waals surface area contributed by atoms with Crippen molar-refractivity contribution in [3.8, 4) is 0 Å². The molecular formula is C19H31ClN2. The van der Waals surface area contributed by atoms with E-state index in [-0.39, 0.29) is 0 Å². The minimum Gasteiger partial charge on any atom is -0.374 e. The van der Waals surface area contributed by atoms with Crippen LogP contribution in [0.2, 0.25) is 5.02 Å². The van der Waals surface area contributed by atoms with Gasteiger partial charge in [0, 0.05) is 30.9 Å². The number of halogens is 1. The standard InChI is InChI=1S/C16H25ClN2.C3H6/c1-12(2)15(10-18-4)13(3)19(5)11-14-8-6-7-9-16(14)17;1-3-2/h6-9,12,18H,10-11H2,1-5H3;3H,1H2,2H3/b15-13-;. The van der Waals surface area contributed by atoms with Gasteiger partial charge in [0.25, 0.3) is 0 Å². The van der Waals surface area contributed by atoms with Gasteiger partial charge in [-0.15, -0.1) is 6.58 Å². The summed E-state index contributed by atoms with van der Waals surface area (Å²) in [6.45, 7) is 13.7. The van der Waals surface area contributed by atoms with Crippen LogP contribution in [-0.2, 0) is 6.54 Å². The highest BCUT2D eigenvalue weighted by atomic mass is 35.5. The van der Waals surface area contributed by atoms with Gasteiger partial charge in [-0.05, 0) is 44.0 Å². The molecule has 0 heterocycles. The number of likely N-dealkylation sites (N-methyl/N-ethyl adjacent to an activating group) is 1. The summed E-state index contributed by atoms with van der Waals surface area (Å²) in [7, 11) is 4.11. The summed E-state index contributed by atoms with van der Waals surface area (Å²) in [6, 6.07) is 8.03. The smallest absolute Gasteiger partial charge is 0.0455 e. The van der Waals surface area contributed by atoms with E-state index in [0.717, 1.165) is 18.1 Å². The van der Waals surface area contributed by atoms with Crippen LogP contribution in [0.1, 0.15) is 33.3 Å². The van der Waals surface area contributed by atoms with Crippen LogP contribution < -0.4 is 5.32 Å². The summed E-state index contributed by atoms with van der Waals surface area (Å²) in [5, 5.41) is 4.08. The Kier molecular flexibility index (Phi) is 10.7. The van der Waals surface area contributed by atoms with Crippen LogP contribution in [0.4, 0.5) is 0 Å². The van der Waals surface area contributed by atoms with Gasteiger partial charge in [-0.2, -0.15) is 0 Å². The monoisotopic (exact) mass is 322 g/mol. The number of hydrogen-bond donors (Lipinski definition) is 1. The molecule has 1 aromatic carbocycles. The maximum absolute atomic E-state index is 6.22. The molecule has 1 aromatic rings. The first-order valence-electron chi connectivity index (χ1n) is 7.74. The zero-order valence-electron chi connectivity index (χ0n) is 14.9. The molecule has 0 unspecified atom stereocenters. The fourth-order valence-electron chi connectivity index (χ4n) is 2.19. The van der Waals surface area contributed by atoms with E-state index in [9.17, 15) is 0 Å². The maximum atomic E-state index is 6.22. The molecule has 0 spiro atoms. The van der Waals surface area contributed by atoms with Gasteiger partial charge in [0.2, 0.25) is 0 Å². The lowest BCUT2D eigenvalue weighted by Gasteiger charge is -2.26. The van der Waals surface area contributed by atoms with Crippen molar-refractivity contribution in [1.29, 1.82) is 0 Å². The molecule has 1 N–H and O–H groups in total. The minimum absolute atomic E-state index is 0.543. The van der Waals surface area contributed by atoms with Gasteiger partial charge in [0.05, 0.1) is 0 Å². The summed E-state index contributed by atoms with van der Waals surface area (Å²) < 4.78 is 0. The predicted molar refractivity (Wildman–Crippen MR) is 100 cm³/mol. The van der Waals surface area contributed by atoms with Crippen molar-refractivity contribution in [1.82, 2.24) is 10.2 Å². The normalized spacial score (nSPS) is 11.5. The highest BCUT2D eigenvalue weighted by molar-refractivity contribution is 6.31. The van der Waals surface area contributed by atoms with Crippen molar-refractivity contribution in [3.05, 3.63) is 58.8 Å². The Morgan fingerprint density at radius 3 is 2.36 bits per heavy atom. The first kappa shape index (κ1) is 20.8. The van der Waals surface area contributed by atoms with E-state index in [1.165, 1.54) is 16.8 Å². The third-order valence-electron chi connectivity index (χ3n) is 3.47. The van der Waals surface area contributed by atoms with Gasteiger partial charge in [0.15, 0.2) is 0 Å². The molecule has 0 aromatic heterocycles. The van der Waals surface area contributed by atoms with Crippen molar-refractivity contribution in [2.24, 2.45) is 5.92 Å². The third-order valence-corrected chi connectivity index (χ3v) is 3.84. The number of allylic oxidation sites excluding steroid dienone is 2. The molecule has 0 fully saturated rings. The fraction of sp³-hybridized carbons (Fsp3) is 0.474. The van der Waals surface area contributed by atoms with Crippen molar-refractivity contribution >= 4 is 11.6 Å². The lowest BCUT2D eigenvalue weighted by molar-refractivity contribution is 0.399. The van der Waals surface area contributed by atoms with Gasteiger partial charge in [0.1, 0.15) is 0 Å². The van der Waals surface area contributed by atoms with Gasteiger partial charge in [-0.25, -0.2) is 0 Å². The Labute approximate surface area is 141 Å². The minimum atomic E-state index is 0.543. The van der Waals surface area contributed by atoms with E-state index in [1.807, 2.05) is 32.2 Å². The van der Waals surface area contributed by atoms with E-state index >= 15 is 0 Å². The Bertz CT molecular complexity index is 478. The van der Waals surface area contributed by atoms with E-state index in [1.54, 1.807) is 6.08 Å². The zero-order chi connectivity index (χ0) is 17.1. The molecule has 3 heteroatoms. The molecule has 0 radical (unpaired) electrons. The third kappa shape index (κ3) is 7.15. The van der Waals surface area contributed by atoms with Crippen LogP contribution in [0.3, 0.4) is 0 Å². The molecule has 22 heavy (non-hydrogen) atoms. The van der Waals surface area contributed by atoms with Gasteiger partial charge in [-0.1, -0.05) is 49.7 Å². The molecule has 2 nitrogen and oxygen atoms in total. The van der Waals surface area contributed by atoms with Crippen LogP contribution in [0.25, 0.3) is 0 Å². The van der Waals surface area contributed by atoms with E-state index in [2.05, 4.69) is 50.7 Å². The second-order valence-electron chi connectivity index (χ2n) is 5.65. The van der Waals surface area contributed by atoms with Gasteiger partial charge < -0.3 is 10.2 Å². The average molecular weight is 323 g/mol. The van der Waals surface area contributed by atoms with Crippen LogP contribution in [0.15, 0.2) is 48.2 Å². The second kappa shape index (κ2) is 11.3. The van der Waals surface area contributed by atoms with E-state index in [0.29, 0.717) is 5.92 Å².